The second-order valence-electron chi connectivity index (χ2n) is 3.48. The van der Waals surface area contributed by atoms with Crippen LogP contribution in [0.1, 0.15) is 6.92 Å². The van der Waals surface area contributed by atoms with E-state index in [0.717, 1.165) is 11.2 Å². The molecule has 2 atom stereocenters. The molecule has 0 amide bonds. The fourth-order valence-corrected chi connectivity index (χ4v) is 1.57. The summed E-state index contributed by atoms with van der Waals surface area (Å²) < 4.78 is 22.6. The molecule has 0 aromatic rings. The minimum atomic E-state index is -0.454. The quantitative estimate of drug-likeness (QED) is 0.628. The van der Waals surface area contributed by atoms with Crippen LogP contribution in [0, 0.1) is 5.92 Å². The van der Waals surface area contributed by atoms with Gasteiger partial charge in [-0.05, 0) is 6.08 Å². The zero-order chi connectivity index (χ0) is 10.6. The Hall–Kier alpha value is -0.765. The van der Waals surface area contributed by atoms with Gasteiger partial charge in [-0.1, -0.05) is 18.5 Å². The highest BCUT2D eigenvalue weighted by Crippen LogP contribution is 2.25. The summed E-state index contributed by atoms with van der Waals surface area (Å²) in [5, 5.41) is 0. The Morgan fingerprint density at radius 1 is 1.57 bits per heavy atom. The van der Waals surface area contributed by atoms with Crippen LogP contribution >= 0.6 is 0 Å². The highest BCUT2D eigenvalue weighted by atomic mass is 19.1. The third-order valence-corrected chi connectivity index (χ3v) is 2.36. The molecule has 1 rings (SSSR count). The van der Waals surface area contributed by atoms with Crippen molar-refractivity contribution in [3.05, 3.63) is 23.4 Å². The number of hydrogen-bond acceptors (Lipinski definition) is 2. The molecule has 1 aliphatic rings. The Labute approximate surface area is 85.2 Å². The summed E-state index contributed by atoms with van der Waals surface area (Å²) in [4.78, 5) is 0. The summed E-state index contributed by atoms with van der Waals surface area (Å²) in [6.45, 7) is 1.69. The van der Waals surface area contributed by atoms with E-state index in [1.807, 2.05) is 26.9 Å². The Kier molecular flexibility index (Phi) is 4.20. The number of allylic oxidation sites excluding steroid dienone is 2. The van der Waals surface area contributed by atoms with Crippen LogP contribution in [0.3, 0.4) is 0 Å². The summed E-state index contributed by atoms with van der Waals surface area (Å²) in [5.41, 5.74) is 1.10. The predicted octanol–water partition coefficient (Wildman–Crippen LogP) is 1.04. The van der Waals surface area contributed by atoms with Gasteiger partial charge in [0.15, 0.2) is 0 Å². The third kappa shape index (κ3) is 2.61. The molecule has 0 aromatic carbocycles. The van der Waals surface area contributed by atoms with Crippen LogP contribution in [0.15, 0.2) is 23.4 Å². The van der Waals surface area contributed by atoms with Gasteiger partial charge >= 0.3 is 0 Å². The van der Waals surface area contributed by atoms with Crippen molar-refractivity contribution >= 4 is 7.85 Å². The van der Waals surface area contributed by atoms with Crippen LogP contribution in [0.4, 0.5) is 4.39 Å². The molecule has 0 aromatic heterocycles. The number of methoxy groups -OCH3 is 1. The van der Waals surface area contributed by atoms with Gasteiger partial charge in [0.05, 0.1) is 6.10 Å². The third-order valence-electron chi connectivity index (χ3n) is 2.36. The topological polar surface area (TPSA) is 18.5 Å². The lowest BCUT2D eigenvalue weighted by atomic mass is 9.84. The van der Waals surface area contributed by atoms with E-state index < -0.39 is 6.67 Å². The van der Waals surface area contributed by atoms with Gasteiger partial charge in [-0.2, -0.15) is 0 Å². The smallest absolute Gasteiger partial charge is 0.139 e. The lowest BCUT2D eigenvalue weighted by Gasteiger charge is -2.26. The van der Waals surface area contributed by atoms with Gasteiger partial charge < -0.3 is 9.47 Å². The molecular weight excluding hydrogens is 182 g/mol. The van der Waals surface area contributed by atoms with E-state index in [4.69, 9.17) is 9.47 Å². The van der Waals surface area contributed by atoms with E-state index in [-0.39, 0.29) is 18.6 Å². The zero-order valence-electron chi connectivity index (χ0n) is 8.92. The van der Waals surface area contributed by atoms with Crippen molar-refractivity contribution < 1.29 is 13.9 Å². The van der Waals surface area contributed by atoms with Crippen molar-refractivity contribution in [3.63, 3.8) is 0 Å². The first-order valence-corrected chi connectivity index (χ1v) is 4.80. The molecule has 0 aliphatic heterocycles. The van der Waals surface area contributed by atoms with Gasteiger partial charge in [-0.25, -0.2) is 4.39 Å². The van der Waals surface area contributed by atoms with Gasteiger partial charge in [0.1, 0.15) is 26.9 Å². The maximum absolute atomic E-state index is 12.0. The van der Waals surface area contributed by atoms with Gasteiger partial charge in [0.2, 0.25) is 0 Å². The zero-order valence-corrected chi connectivity index (χ0v) is 8.92. The number of ether oxygens (including phenoxy) is 2. The summed E-state index contributed by atoms with van der Waals surface area (Å²) in [6, 6.07) is 0. The number of hydrogen-bond donors (Lipinski definition) is 0. The Morgan fingerprint density at radius 3 is 2.86 bits per heavy atom. The molecular formula is C10H16BFO2. The normalized spacial score (nSPS) is 26.8. The van der Waals surface area contributed by atoms with E-state index in [9.17, 15) is 4.39 Å². The van der Waals surface area contributed by atoms with Crippen LogP contribution in [0.2, 0.25) is 0 Å². The Morgan fingerprint density at radius 2 is 2.29 bits per heavy atom. The summed E-state index contributed by atoms with van der Waals surface area (Å²) >= 11 is 0. The molecule has 1 aliphatic carbocycles. The van der Waals surface area contributed by atoms with Crippen molar-refractivity contribution in [1.29, 1.82) is 0 Å². The molecule has 0 fully saturated rings. The van der Waals surface area contributed by atoms with Crippen molar-refractivity contribution in [2.75, 3.05) is 20.4 Å². The molecule has 78 valence electrons. The minimum absolute atomic E-state index is 0.0367. The highest BCUT2D eigenvalue weighted by Gasteiger charge is 2.23. The lowest BCUT2D eigenvalue weighted by Crippen LogP contribution is -2.25. The van der Waals surface area contributed by atoms with Gasteiger partial charge in [-0.3, -0.25) is 0 Å². The maximum Gasteiger partial charge on any atom is 0.139 e. The first kappa shape index (κ1) is 11.3. The van der Waals surface area contributed by atoms with Crippen molar-refractivity contribution in [2.45, 2.75) is 13.0 Å². The number of alkyl halides is 1. The Balaban J connectivity index is 2.68. The Bertz CT molecular complexity index is 251. The van der Waals surface area contributed by atoms with Crippen molar-refractivity contribution in [1.82, 2.24) is 0 Å². The monoisotopic (exact) mass is 198 g/mol. The molecule has 0 N–H and O–H groups in total. The fourth-order valence-electron chi connectivity index (χ4n) is 1.57. The number of halogens is 1. The van der Waals surface area contributed by atoms with Crippen LogP contribution in [-0.2, 0) is 9.47 Å². The summed E-state index contributed by atoms with van der Waals surface area (Å²) in [7, 11) is 3.65. The van der Waals surface area contributed by atoms with Crippen LogP contribution in [0.5, 0.6) is 0 Å². The molecule has 0 spiro atoms. The highest BCUT2D eigenvalue weighted by molar-refractivity contribution is 6.23. The molecule has 0 bridgehead atoms. The fraction of sp³-hybridized carbons (Fsp3) is 0.600. The summed E-state index contributed by atoms with van der Waals surface area (Å²) in [6.07, 6.45) is 4.03. The molecule has 14 heavy (non-hydrogen) atoms. The average Bonchev–Trinajstić information content (AvgIpc) is 2.18. The van der Waals surface area contributed by atoms with Gasteiger partial charge in [0, 0.05) is 13.0 Å². The first-order valence-electron chi connectivity index (χ1n) is 4.80. The molecule has 4 heteroatoms. The molecule has 0 saturated carbocycles. The second kappa shape index (κ2) is 5.20. The molecule has 0 radical (unpaired) electrons. The van der Waals surface area contributed by atoms with Crippen LogP contribution < -0.4 is 0 Å². The number of rotatable bonds is 4. The minimum Gasteiger partial charge on any atom is -0.495 e. The molecule has 0 heterocycles. The second-order valence-corrected chi connectivity index (χ2v) is 3.48. The first-order chi connectivity index (χ1) is 6.69. The van der Waals surface area contributed by atoms with Crippen LogP contribution in [0.25, 0.3) is 0 Å². The largest absolute Gasteiger partial charge is 0.495 e. The molecule has 2 unspecified atom stereocenters. The lowest BCUT2D eigenvalue weighted by molar-refractivity contribution is 0.0683. The van der Waals surface area contributed by atoms with E-state index in [1.165, 1.54) is 0 Å². The van der Waals surface area contributed by atoms with E-state index in [1.54, 1.807) is 7.11 Å². The standard InChI is InChI=1S/C10H16BFO2/c1-7-9(13-2)5-8(11)6-10(7)14-4-3-12/h5-7,9H,3-4,11H2,1-2H3. The van der Waals surface area contributed by atoms with Crippen molar-refractivity contribution in [3.8, 4) is 0 Å². The molecule has 0 saturated heterocycles. The maximum atomic E-state index is 12.0. The summed E-state index contributed by atoms with van der Waals surface area (Å²) in [5.74, 6) is 0.977. The van der Waals surface area contributed by atoms with Gasteiger partial charge in [0.25, 0.3) is 0 Å². The molecule has 2 nitrogen and oxygen atoms in total. The SMILES string of the molecule is BC1=CC(OC)C(C)C(OCCF)=C1. The van der Waals surface area contributed by atoms with Gasteiger partial charge in [-0.15, -0.1) is 0 Å². The van der Waals surface area contributed by atoms with E-state index >= 15 is 0 Å². The van der Waals surface area contributed by atoms with Crippen LogP contribution in [-0.4, -0.2) is 34.3 Å². The van der Waals surface area contributed by atoms with E-state index in [0.29, 0.717) is 0 Å². The average molecular weight is 198 g/mol. The van der Waals surface area contributed by atoms with E-state index in [2.05, 4.69) is 0 Å². The van der Waals surface area contributed by atoms with Crippen molar-refractivity contribution in [2.24, 2.45) is 5.92 Å². The predicted molar refractivity (Wildman–Crippen MR) is 56.6 cm³/mol.